The number of benzene rings is 1. The monoisotopic (exact) mass is 525 g/mol. The molecule has 0 radical (unpaired) electrons. The number of hydrogen-bond acceptors (Lipinski definition) is 10. The minimum atomic E-state index is -1.80. The van der Waals surface area contributed by atoms with Gasteiger partial charge in [-0.1, -0.05) is 39.7 Å². The first-order valence-corrected chi connectivity index (χ1v) is 12.6. The molecule has 1 rings (SSSR count). The van der Waals surface area contributed by atoms with Crippen molar-refractivity contribution in [3.8, 4) is 11.5 Å². The molecular weight excluding hydrogens is 486 g/mol. The van der Waals surface area contributed by atoms with Crippen LogP contribution >= 0.6 is 0 Å². The summed E-state index contributed by atoms with van der Waals surface area (Å²) in [5.41, 5.74) is 4.79. The van der Waals surface area contributed by atoms with Crippen molar-refractivity contribution < 1.29 is 48.0 Å². The molecule has 0 fully saturated rings. The maximum atomic E-state index is 12.2. The third-order valence-corrected chi connectivity index (χ3v) is 5.21. The Morgan fingerprint density at radius 2 is 1.49 bits per heavy atom. The van der Waals surface area contributed by atoms with E-state index in [2.05, 4.69) is 0 Å². The predicted molar refractivity (Wildman–Crippen MR) is 134 cm³/mol. The van der Waals surface area contributed by atoms with Crippen LogP contribution in [0.2, 0.25) is 0 Å². The molecule has 0 saturated carbocycles. The number of esters is 1. The van der Waals surface area contributed by atoms with E-state index < -0.39 is 35.9 Å². The molecule has 37 heavy (non-hydrogen) atoms. The van der Waals surface area contributed by atoms with Crippen molar-refractivity contribution in [3.63, 3.8) is 0 Å². The maximum absolute atomic E-state index is 12.2. The molecular formula is C26H39NO10. The van der Waals surface area contributed by atoms with Crippen molar-refractivity contribution in [2.45, 2.75) is 90.7 Å². The van der Waals surface area contributed by atoms with Gasteiger partial charge >= 0.3 is 24.2 Å². The molecule has 0 heterocycles. The lowest BCUT2D eigenvalue weighted by atomic mass is 9.86. The molecule has 0 aliphatic rings. The topological polar surface area (TPSA) is 161 Å². The van der Waals surface area contributed by atoms with Crippen LogP contribution < -0.4 is 15.2 Å². The molecule has 0 saturated heterocycles. The summed E-state index contributed by atoms with van der Waals surface area (Å²) >= 11 is 0. The van der Waals surface area contributed by atoms with E-state index in [1.807, 2.05) is 20.8 Å². The molecule has 0 unspecified atom stereocenters. The van der Waals surface area contributed by atoms with Gasteiger partial charge in [0.05, 0.1) is 13.2 Å². The Kier molecular flexibility index (Phi) is 14.1. The lowest BCUT2D eigenvalue weighted by Gasteiger charge is -2.28. The third kappa shape index (κ3) is 12.0. The average molecular weight is 526 g/mol. The van der Waals surface area contributed by atoms with Gasteiger partial charge in [-0.2, -0.15) is 0 Å². The van der Waals surface area contributed by atoms with E-state index in [4.69, 9.17) is 29.4 Å². The van der Waals surface area contributed by atoms with Crippen LogP contribution in [0.4, 0.5) is 9.59 Å². The Morgan fingerprint density at radius 1 is 0.919 bits per heavy atom. The normalized spacial score (nSPS) is 13.1. The molecule has 1 aromatic carbocycles. The highest BCUT2D eigenvalue weighted by Crippen LogP contribution is 2.31. The summed E-state index contributed by atoms with van der Waals surface area (Å²) < 4.78 is 25.7. The number of unbranched alkanes of at least 4 members (excludes halogenated alkanes) is 2. The number of rotatable bonds is 16. The summed E-state index contributed by atoms with van der Waals surface area (Å²) in [5, 5.41) is 9.83. The summed E-state index contributed by atoms with van der Waals surface area (Å²) in [7, 11) is 0. The van der Waals surface area contributed by atoms with Crippen molar-refractivity contribution in [3.05, 3.63) is 23.8 Å². The van der Waals surface area contributed by atoms with Crippen LogP contribution in [0.15, 0.2) is 18.2 Å². The smallest absolute Gasteiger partial charge is 0.480 e. The number of aliphatic carboxylic acids is 1. The summed E-state index contributed by atoms with van der Waals surface area (Å²) in [6, 6.07) is 4.17. The highest BCUT2D eigenvalue weighted by Gasteiger charge is 2.37. The third-order valence-electron chi connectivity index (χ3n) is 5.21. The zero-order chi connectivity index (χ0) is 27.8. The van der Waals surface area contributed by atoms with Gasteiger partial charge in [-0.25, -0.2) is 9.59 Å². The SMILES string of the molecule is CCCCOC(=O)Oc1ccc(C[C@](N)(C[C@H](C)OC(=O)CCC)C(=O)O)cc1OC(=O)OCCCC. The van der Waals surface area contributed by atoms with Crippen LogP contribution in [-0.2, 0) is 30.2 Å². The van der Waals surface area contributed by atoms with Gasteiger partial charge in [-0.05, 0) is 43.9 Å². The van der Waals surface area contributed by atoms with Crippen LogP contribution in [0.1, 0.15) is 78.2 Å². The van der Waals surface area contributed by atoms with Crippen LogP contribution in [0.5, 0.6) is 11.5 Å². The molecule has 0 aliphatic heterocycles. The van der Waals surface area contributed by atoms with Gasteiger partial charge in [0.2, 0.25) is 0 Å². The van der Waals surface area contributed by atoms with Gasteiger partial charge < -0.3 is 34.5 Å². The number of carboxylic acid groups (broad SMARTS) is 1. The Labute approximate surface area is 217 Å². The van der Waals surface area contributed by atoms with Gasteiger partial charge in [-0.15, -0.1) is 0 Å². The molecule has 0 amide bonds. The molecule has 11 nitrogen and oxygen atoms in total. The minimum Gasteiger partial charge on any atom is -0.480 e. The number of nitrogens with two attached hydrogens (primary N) is 1. The average Bonchev–Trinajstić information content (AvgIpc) is 2.81. The zero-order valence-corrected chi connectivity index (χ0v) is 22.1. The van der Waals surface area contributed by atoms with Gasteiger partial charge in [0.15, 0.2) is 11.5 Å². The summed E-state index contributed by atoms with van der Waals surface area (Å²) in [6.07, 6.45) is 0.644. The standard InChI is InChI=1S/C26H39NO10/c1-5-8-13-33-24(31)36-20-12-11-19(15-21(20)37-25(32)34-14-9-6-2)17-26(27,23(29)30)16-18(4)35-22(28)10-7-3/h11-12,15,18H,5-10,13-14,16-17,27H2,1-4H3,(H,29,30)/t18-,26+/m0/s1. The van der Waals surface area contributed by atoms with Gasteiger partial charge in [-0.3, -0.25) is 9.59 Å². The van der Waals surface area contributed by atoms with E-state index in [1.54, 1.807) is 6.92 Å². The van der Waals surface area contributed by atoms with Crippen molar-refractivity contribution >= 4 is 24.2 Å². The molecule has 2 atom stereocenters. The van der Waals surface area contributed by atoms with Gasteiger partial charge in [0, 0.05) is 19.3 Å². The number of carbonyl (C=O) groups is 4. The van der Waals surface area contributed by atoms with Crippen LogP contribution in [0.3, 0.4) is 0 Å². The molecule has 0 spiro atoms. The second-order valence-electron chi connectivity index (χ2n) is 8.78. The first-order valence-electron chi connectivity index (χ1n) is 12.6. The first-order chi connectivity index (χ1) is 17.5. The molecule has 0 aliphatic carbocycles. The molecule has 3 N–H and O–H groups in total. The summed E-state index contributed by atoms with van der Waals surface area (Å²) in [5.74, 6) is -2.02. The quantitative estimate of drug-likeness (QED) is 0.132. The van der Waals surface area contributed by atoms with E-state index in [9.17, 15) is 24.3 Å². The Bertz CT molecular complexity index is 903. The van der Waals surface area contributed by atoms with Crippen LogP contribution in [-0.4, -0.2) is 54.2 Å². The number of carbonyl (C=O) groups excluding carboxylic acids is 3. The zero-order valence-electron chi connectivity index (χ0n) is 22.1. The van der Waals surface area contributed by atoms with E-state index in [0.29, 0.717) is 24.8 Å². The summed E-state index contributed by atoms with van der Waals surface area (Å²) in [6.45, 7) is 7.57. The first kappa shape index (κ1) is 31.7. The molecule has 0 aromatic heterocycles. The number of hydrogen-bond donors (Lipinski definition) is 2. The second-order valence-corrected chi connectivity index (χ2v) is 8.78. The van der Waals surface area contributed by atoms with E-state index >= 15 is 0 Å². The van der Waals surface area contributed by atoms with Crippen molar-refractivity contribution in [1.29, 1.82) is 0 Å². The number of ether oxygens (including phenoxy) is 5. The molecule has 1 aromatic rings. The highest BCUT2D eigenvalue weighted by molar-refractivity contribution is 5.79. The molecule has 0 bridgehead atoms. The van der Waals surface area contributed by atoms with Crippen molar-refractivity contribution in [2.24, 2.45) is 5.73 Å². The van der Waals surface area contributed by atoms with E-state index in [1.165, 1.54) is 18.2 Å². The van der Waals surface area contributed by atoms with Gasteiger partial charge in [0.25, 0.3) is 0 Å². The van der Waals surface area contributed by atoms with Crippen LogP contribution in [0, 0.1) is 0 Å². The van der Waals surface area contributed by atoms with E-state index in [0.717, 1.165) is 12.8 Å². The largest absolute Gasteiger partial charge is 0.513 e. The lowest BCUT2D eigenvalue weighted by Crippen LogP contribution is -2.52. The Morgan fingerprint density at radius 3 is 2.00 bits per heavy atom. The Hall–Kier alpha value is -3.34. The summed E-state index contributed by atoms with van der Waals surface area (Å²) in [4.78, 5) is 48.1. The fourth-order valence-corrected chi connectivity index (χ4v) is 3.31. The second kappa shape index (κ2) is 16.4. The fraction of sp³-hybridized carbons (Fsp3) is 0.615. The van der Waals surface area contributed by atoms with Gasteiger partial charge in [0.1, 0.15) is 11.6 Å². The Balaban J connectivity index is 3.12. The lowest BCUT2D eigenvalue weighted by molar-refractivity contribution is -0.153. The van der Waals surface area contributed by atoms with E-state index in [-0.39, 0.29) is 44.0 Å². The number of carboxylic acids is 1. The maximum Gasteiger partial charge on any atom is 0.513 e. The highest BCUT2D eigenvalue weighted by atomic mass is 16.7. The predicted octanol–water partition coefficient (Wildman–Crippen LogP) is 4.76. The van der Waals surface area contributed by atoms with Crippen molar-refractivity contribution in [1.82, 2.24) is 0 Å². The minimum absolute atomic E-state index is 0.113. The van der Waals surface area contributed by atoms with Crippen molar-refractivity contribution in [2.75, 3.05) is 13.2 Å². The fourth-order valence-electron chi connectivity index (χ4n) is 3.31. The molecule has 11 heteroatoms. The van der Waals surface area contributed by atoms with Crippen LogP contribution in [0.25, 0.3) is 0 Å². The molecule has 208 valence electrons.